The van der Waals surface area contributed by atoms with Crippen LogP contribution in [0.15, 0.2) is 24.3 Å². The number of aromatic nitrogens is 4. The molecule has 0 spiro atoms. The van der Waals surface area contributed by atoms with Crippen LogP contribution in [-0.4, -0.2) is 45.7 Å². The largest absolute Gasteiger partial charge is 0.353 e. The molecule has 0 aliphatic heterocycles. The van der Waals surface area contributed by atoms with E-state index in [1.165, 1.54) is 4.80 Å². The van der Waals surface area contributed by atoms with Gasteiger partial charge in [-0.3, -0.25) is 4.79 Å². The first kappa shape index (κ1) is 20.3. The van der Waals surface area contributed by atoms with Crippen molar-refractivity contribution in [1.29, 1.82) is 0 Å². The molecule has 1 aromatic heterocycles. The Labute approximate surface area is 152 Å². The zero-order valence-corrected chi connectivity index (χ0v) is 15.4. The Morgan fingerprint density at radius 2 is 2.00 bits per heavy atom. The summed E-state index contributed by atoms with van der Waals surface area (Å²) >= 11 is 5.87. The fourth-order valence-electron chi connectivity index (χ4n) is 2.00. The predicted molar refractivity (Wildman–Crippen MR) is 96.4 cm³/mol. The fraction of sp³-hybridized carbons (Fsp3) is 0.467. The molecule has 2 aromatic rings. The lowest BCUT2D eigenvalue weighted by molar-refractivity contribution is -0.125. The minimum absolute atomic E-state index is 0. The lowest BCUT2D eigenvalue weighted by atomic mass is 10.2. The molecule has 9 heteroatoms. The summed E-state index contributed by atoms with van der Waals surface area (Å²) in [7, 11) is 1.85. The van der Waals surface area contributed by atoms with Crippen molar-refractivity contribution in [3.63, 3.8) is 0 Å². The molecular formula is C15H22Cl2N6O. The second-order valence-electron chi connectivity index (χ2n) is 5.30. The zero-order valence-electron chi connectivity index (χ0n) is 13.9. The molecule has 0 saturated carbocycles. The summed E-state index contributed by atoms with van der Waals surface area (Å²) in [6.07, 6.45) is 0.580. The van der Waals surface area contributed by atoms with Crippen LogP contribution >= 0.6 is 24.0 Å². The quantitative estimate of drug-likeness (QED) is 0.777. The van der Waals surface area contributed by atoms with Crippen molar-refractivity contribution in [2.24, 2.45) is 0 Å². The molecule has 2 unspecified atom stereocenters. The Hall–Kier alpha value is -1.70. The fourth-order valence-corrected chi connectivity index (χ4v) is 2.12. The lowest BCUT2D eigenvalue weighted by Gasteiger charge is -2.16. The molecule has 0 radical (unpaired) electrons. The van der Waals surface area contributed by atoms with Crippen LogP contribution in [0, 0.1) is 0 Å². The van der Waals surface area contributed by atoms with Gasteiger partial charge in [0.25, 0.3) is 0 Å². The molecule has 1 amide bonds. The summed E-state index contributed by atoms with van der Waals surface area (Å²) in [5, 5.41) is 19.0. The molecule has 0 fully saturated rings. The van der Waals surface area contributed by atoms with Gasteiger partial charge in [-0.25, -0.2) is 0 Å². The first-order valence-corrected chi connectivity index (χ1v) is 7.93. The topological polar surface area (TPSA) is 84.7 Å². The maximum absolute atomic E-state index is 12.3. The molecule has 2 rings (SSSR count). The summed E-state index contributed by atoms with van der Waals surface area (Å²) in [5.41, 5.74) is 0.805. The van der Waals surface area contributed by atoms with Crippen LogP contribution in [0.2, 0.25) is 5.02 Å². The maximum atomic E-state index is 12.3. The zero-order chi connectivity index (χ0) is 16.8. The van der Waals surface area contributed by atoms with Crippen LogP contribution in [0.5, 0.6) is 0 Å². The van der Waals surface area contributed by atoms with E-state index in [1.54, 1.807) is 12.1 Å². The minimum Gasteiger partial charge on any atom is -0.353 e. The van der Waals surface area contributed by atoms with Gasteiger partial charge in [0.15, 0.2) is 6.04 Å². The van der Waals surface area contributed by atoms with E-state index in [4.69, 9.17) is 11.6 Å². The number of nitrogens with zero attached hydrogens (tertiary/aromatic N) is 4. The maximum Gasteiger partial charge on any atom is 0.246 e. The molecule has 7 nitrogen and oxygen atoms in total. The van der Waals surface area contributed by atoms with E-state index in [0.717, 1.165) is 5.56 Å². The summed E-state index contributed by atoms with van der Waals surface area (Å²) in [5.74, 6) is 0.353. The average molecular weight is 373 g/mol. The number of likely N-dealkylation sites (N-methyl/N-ethyl adjacent to an activating group) is 1. The van der Waals surface area contributed by atoms with E-state index in [1.807, 2.05) is 33.0 Å². The SMILES string of the molecule is CCC(C(=O)NCC(C)NC)n1nnc(-c2ccc(Cl)cc2)n1.Cl. The van der Waals surface area contributed by atoms with Crippen molar-refractivity contribution in [1.82, 2.24) is 30.8 Å². The summed E-state index contributed by atoms with van der Waals surface area (Å²) in [6, 6.07) is 6.89. The summed E-state index contributed by atoms with van der Waals surface area (Å²) in [4.78, 5) is 13.7. The molecule has 132 valence electrons. The molecule has 1 aromatic carbocycles. The second kappa shape index (κ2) is 9.56. The van der Waals surface area contributed by atoms with Crippen LogP contribution in [0.3, 0.4) is 0 Å². The van der Waals surface area contributed by atoms with Gasteiger partial charge >= 0.3 is 0 Å². The number of halogens is 2. The highest BCUT2D eigenvalue weighted by Gasteiger charge is 2.22. The van der Waals surface area contributed by atoms with Crippen molar-refractivity contribution in [2.75, 3.05) is 13.6 Å². The van der Waals surface area contributed by atoms with Gasteiger partial charge in [-0.1, -0.05) is 18.5 Å². The van der Waals surface area contributed by atoms with Gasteiger partial charge < -0.3 is 10.6 Å². The highest BCUT2D eigenvalue weighted by molar-refractivity contribution is 6.30. The van der Waals surface area contributed by atoms with Crippen molar-refractivity contribution >= 4 is 29.9 Å². The van der Waals surface area contributed by atoms with Gasteiger partial charge in [0.05, 0.1) is 0 Å². The Balaban J connectivity index is 0.00000288. The van der Waals surface area contributed by atoms with E-state index in [9.17, 15) is 4.79 Å². The standard InChI is InChI=1S/C15H21ClN6O.ClH/c1-4-13(15(23)18-9-10(2)17-3)22-20-14(19-21-22)11-5-7-12(16)8-6-11;/h5-8,10,13,17H,4,9H2,1-3H3,(H,18,23);1H. The van der Waals surface area contributed by atoms with E-state index in [2.05, 4.69) is 26.0 Å². The number of carbonyl (C=O) groups is 1. The molecular weight excluding hydrogens is 351 g/mol. The highest BCUT2D eigenvalue weighted by Crippen LogP contribution is 2.18. The van der Waals surface area contributed by atoms with Gasteiger partial charge in [0.1, 0.15) is 0 Å². The van der Waals surface area contributed by atoms with Crippen LogP contribution in [0.4, 0.5) is 0 Å². The van der Waals surface area contributed by atoms with Crippen LogP contribution in [0.1, 0.15) is 26.3 Å². The molecule has 0 bridgehead atoms. The number of hydrogen-bond donors (Lipinski definition) is 2. The van der Waals surface area contributed by atoms with E-state index < -0.39 is 6.04 Å². The molecule has 0 aliphatic rings. The molecule has 2 N–H and O–H groups in total. The lowest BCUT2D eigenvalue weighted by Crippen LogP contribution is -2.40. The van der Waals surface area contributed by atoms with Crippen molar-refractivity contribution in [3.8, 4) is 11.4 Å². The first-order valence-electron chi connectivity index (χ1n) is 7.55. The molecule has 2 atom stereocenters. The smallest absolute Gasteiger partial charge is 0.246 e. The van der Waals surface area contributed by atoms with Gasteiger partial charge in [-0.2, -0.15) is 4.80 Å². The monoisotopic (exact) mass is 372 g/mol. The third-order valence-electron chi connectivity index (χ3n) is 3.57. The van der Waals surface area contributed by atoms with Crippen LogP contribution in [0.25, 0.3) is 11.4 Å². The normalized spacial score (nSPS) is 13.0. The Bertz CT molecular complexity index is 646. The molecule has 1 heterocycles. The molecule has 24 heavy (non-hydrogen) atoms. The number of benzene rings is 1. The summed E-state index contributed by atoms with van der Waals surface area (Å²) in [6.45, 7) is 4.45. The van der Waals surface area contributed by atoms with E-state index in [-0.39, 0.29) is 24.4 Å². The van der Waals surface area contributed by atoms with E-state index in [0.29, 0.717) is 23.8 Å². The van der Waals surface area contributed by atoms with E-state index >= 15 is 0 Å². The Morgan fingerprint density at radius 3 is 2.58 bits per heavy atom. The average Bonchev–Trinajstić information content (AvgIpc) is 3.03. The summed E-state index contributed by atoms with van der Waals surface area (Å²) < 4.78 is 0. The van der Waals surface area contributed by atoms with Gasteiger partial charge in [-0.05, 0) is 49.9 Å². The number of nitrogens with one attached hydrogen (secondary N) is 2. The minimum atomic E-state index is -0.479. The predicted octanol–water partition coefficient (Wildman–Crippen LogP) is 2.09. The molecule has 0 saturated heterocycles. The third kappa shape index (κ3) is 5.15. The van der Waals surface area contributed by atoms with Gasteiger partial charge in [-0.15, -0.1) is 22.6 Å². The Morgan fingerprint density at radius 1 is 1.33 bits per heavy atom. The van der Waals surface area contributed by atoms with Crippen LogP contribution < -0.4 is 10.6 Å². The van der Waals surface area contributed by atoms with Gasteiger partial charge in [0.2, 0.25) is 11.7 Å². The Kier molecular flexibility index (Phi) is 8.10. The van der Waals surface area contributed by atoms with Crippen molar-refractivity contribution in [2.45, 2.75) is 32.4 Å². The van der Waals surface area contributed by atoms with Crippen LogP contribution in [-0.2, 0) is 4.79 Å². The number of hydrogen-bond acceptors (Lipinski definition) is 5. The van der Waals surface area contributed by atoms with Gasteiger partial charge in [0, 0.05) is 23.2 Å². The number of carbonyl (C=O) groups excluding carboxylic acids is 1. The number of amides is 1. The van der Waals surface area contributed by atoms with Crippen molar-refractivity contribution < 1.29 is 4.79 Å². The first-order chi connectivity index (χ1) is 11.0. The second-order valence-corrected chi connectivity index (χ2v) is 5.74. The molecule has 0 aliphatic carbocycles. The third-order valence-corrected chi connectivity index (χ3v) is 3.83. The number of rotatable bonds is 7. The number of tetrazole rings is 1. The van der Waals surface area contributed by atoms with Crippen molar-refractivity contribution in [3.05, 3.63) is 29.3 Å². The highest BCUT2D eigenvalue weighted by atomic mass is 35.5.